The maximum absolute atomic E-state index is 3.65. The number of nitrogens with one attached hydrogen (secondary N) is 1. The molecule has 1 heteroatoms. The summed E-state index contributed by atoms with van der Waals surface area (Å²) < 4.78 is 0. The minimum Gasteiger partial charge on any atom is -0.314 e. The van der Waals surface area contributed by atoms with Crippen LogP contribution < -0.4 is 5.32 Å². The van der Waals surface area contributed by atoms with Crippen molar-refractivity contribution in [1.29, 1.82) is 0 Å². The Morgan fingerprint density at radius 2 is 1.88 bits per heavy atom. The van der Waals surface area contributed by atoms with E-state index in [1.807, 2.05) is 0 Å². The van der Waals surface area contributed by atoms with E-state index in [9.17, 15) is 0 Å². The van der Waals surface area contributed by atoms with Gasteiger partial charge >= 0.3 is 0 Å². The van der Waals surface area contributed by atoms with E-state index in [1.165, 1.54) is 18.4 Å². The first-order valence-corrected chi connectivity index (χ1v) is 6.53. The molecular formula is C15H23N. The van der Waals surface area contributed by atoms with Crippen LogP contribution in [0.4, 0.5) is 0 Å². The third-order valence-electron chi connectivity index (χ3n) is 3.81. The van der Waals surface area contributed by atoms with Crippen LogP contribution in [-0.2, 0) is 6.42 Å². The molecule has 2 rings (SSSR count). The van der Waals surface area contributed by atoms with Crippen LogP contribution in [0.1, 0.15) is 32.3 Å². The lowest BCUT2D eigenvalue weighted by Crippen LogP contribution is -2.43. The van der Waals surface area contributed by atoms with Crippen molar-refractivity contribution in [3.05, 3.63) is 35.9 Å². The predicted molar refractivity (Wildman–Crippen MR) is 69.5 cm³/mol. The van der Waals surface area contributed by atoms with Gasteiger partial charge < -0.3 is 5.32 Å². The van der Waals surface area contributed by atoms with Crippen LogP contribution in [0.5, 0.6) is 0 Å². The van der Waals surface area contributed by atoms with Crippen molar-refractivity contribution in [1.82, 2.24) is 5.32 Å². The molecule has 0 amide bonds. The highest BCUT2D eigenvalue weighted by Crippen LogP contribution is 2.33. The van der Waals surface area contributed by atoms with Crippen molar-refractivity contribution in [2.24, 2.45) is 11.8 Å². The summed E-state index contributed by atoms with van der Waals surface area (Å²) in [5.41, 5.74) is 1.44. The van der Waals surface area contributed by atoms with Gasteiger partial charge in [-0.3, -0.25) is 0 Å². The van der Waals surface area contributed by atoms with Crippen molar-refractivity contribution in [2.45, 2.75) is 39.2 Å². The van der Waals surface area contributed by atoms with E-state index in [0.29, 0.717) is 0 Å². The van der Waals surface area contributed by atoms with E-state index in [0.717, 1.165) is 30.8 Å². The van der Waals surface area contributed by atoms with E-state index in [-0.39, 0.29) is 0 Å². The average Bonchev–Trinajstić information content (AvgIpc) is 2.22. The van der Waals surface area contributed by atoms with Crippen LogP contribution in [-0.4, -0.2) is 12.6 Å². The Bertz CT molecular complexity index is 298. The highest BCUT2D eigenvalue weighted by atomic mass is 14.9. The summed E-state index contributed by atoms with van der Waals surface area (Å²) in [5, 5.41) is 3.65. The van der Waals surface area contributed by atoms with Gasteiger partial charge in [0.25, 0.3) is 0 Å². The third-order valence-corrected chi connectivity index (χ3v) is 3.81. The van der Waals surface area contributed by atoms with Gasteiger partial charge in [0.2, 0.25) is 0 Å². The lowest BCUT2D eigenvalue weighted by atomic mass is 9.73. The van der Waals surface area contributed by atoms with Crippen LogP contribution in [0, 0.1) is 11.8 Å². The fraction of sp³-hybridized carbons (Fsp3) is 0.600. The minimum absolute atomic E-state index is 0.788. The van der Waals surface area contributed by atoms with Gasteiger partial charge in [0.15, 0.2) is 0 Å². The summed E-state index contributed by atoms with van der Waals surface area (Å²) in [6.07, 6.45) is 3.92. The second-order valence-electron chi connectivity index (χ2n) is 5.36. The smallest absolute Gasteiger partial charge is 0.00726 e. The maximum Gasteiger partial charge on any atom is 0.00726 e. The van der Waals surface area contributed by atoms with Gasteiger partial charge in [-0.15, -0.1) is 0 Å². The molecule has 0 spiro atoms. The molecule has 0 saturated heterocycles. The van der Waals surface area contributed by atoms with Gasteiger partial charge in [-0.25, -0.2) is 0 Å². The van der Waals surface area contributed by atoms with E-state index in [4.69, 9.17) is 0 Å². The zero-order chi connectivity index (χ0) is 11.4. The van der Waals surface area contributed by atoms with Crippen molar-refractivity contribution < 1.29 is 0 Å². The van der Waals surface area contributed by atoms with Crippen LogP contribution in [0.2, 0.25) is 0 Å². The Morgan fingerprint density at radius 3 is 2.50 bits per heavy atom. The van der Waals surface area contributed by atoms with Gasteiger partial charge in [-0.2, -0.15) is 0 Å². The Morgan fingerprint density at radius 1 is 1.19 bits per heavy atom. The van der Waals surface area contributed by atoms with Crippen molar-refractivity contribution in [3.8, 4) is 0 Å². The van der Waals surface area contributed by atoms with Gasteiger partial charge in [0.05, 0.1) is 0 Å². The second kappa shape index (κ2) is 5.49. The van der Waals surface area contributed by atoms with Crippen molar-refractivity contribution in [2.75, 3.05) is 6.54 Å². The molecule has 0 bridgehead atoms. The van der Waals surface area contributed by atoms with Crippen molar-refractivity contribution >= 4 is 0 Å². The molecule has 88 valence electrons. The molecule has 1 aliphatic rings. The molecule has 1 aromatic rings. The van der Waals surface area contributed by atoms with Gasteiger partial charge in [0, 0.05) is 6.04 Å². The minimum atomic E-state index is 0.788. The summed E-state index contributed by atoms with van der Waals surface area (Å²) >= 11 is 0. The molecule has 1 aromatic carbocycles. The standard InChI is InChI=1S/C15H23N/c1-12(2)14-10-15(11-14)16-9-8-13-6-4-3-5-7-13/h3-7,12,14-16H,8-11H2,1-2H3. The van der Waals surface area contributed by atoms with Crippen LogP contribution >= 0.6 is 0 Å². The molecule has 0 atom stereocenters. The lowest BCUT2D eigenvalue weighted by Gasteiger charge is -2.38. The first-order chi connectivity index (χ1) is 7.75. The van der Waals surface area contributed by atoms with E-state index >= 15 is 0 Å². The Labute approximate surface area is 99.3 Å². The molecule has 1 nitrogen and oxygen atoms in total. The lowest BCUT2D eigenvalue weighted by molar-refractivity contribution is 0.169. The Balaban J connectivity index is 1.60. The monoisotopic (exact) mass is 217 g/mol. The second-order valence-corrected chi connectivity index (χ2v) is 5.36. The van der Waals surface area contributed by atoms with Crippen molar-refractivity contribution in [3.63, 3.8) is 0 Å². The highest BCUT2D eigenvalue weighted by Gasteiger charge is 2.30. The molecule has 0 radical (unpaired) electrons. The maximum atomic E-state index is 3.65. The first kappa shape index (κ1) is 11.7. The summed E-state index contributed by atoms with van der Waals surface area (Å²) in [4.78, 5) is 0. The van der Waals surface area contributed by atoms with E-state index < -0.39 is 0 Å². The Hall–Kier alpha value is -0.820. The van der Waals surface area contributed by atoms with Gasteiger partial charge in [0.1, 0.15) is 0 Å². The molecule has 16 heavy (non-hydrogen) atoms. The fourth-order valence-corrected chi connectivity index (χ4v) is 2.44. The SMILES string of the molecule is CC(C)C1CC(NCCc2ccccc2)C1. The highest BCUT2D eigenvalue weighted by molar-refractivity contribution is 5.14. The van der Waals surface area contributed by atoms with Crippen LogP contribution in [0.15, 0.2) is 30.3 Å². The van der Waals surface area contributed by atoms with Crippen LogP contribution in [0.3, 0.4) is 0 Å². The molecular weight excluding hydrogens is 194 g/mol. The first-order valence-electron chi connectivity index (χ1n) is 6.53. The number of hydrogen-bond acceptors (Lipinski definition) is 1. The Kier molecular flexibility index (Phi) is 4.00. The average molecular weight is 217 g/mol. The normalized spacial score (nSPS) is 24.4. The van der Waals surface area contributed by atoms with Gasteiger partial charge in [-0.05, 0) is 43.2 Å². The third kappa shape index (κ3) is 3.08. The number of rotatable bonds is 5. The quantitative estimate of drug-likeness (QED) is 0.798. The summed E-state index contributed by atoms with van der Waals surface area (Å²) in [6, 6.07) is 11.5. The summed E-state index contributed by atoms with van der Waals surface area (Å²) in [6.45, 7) is 5.80. The molecule has 0 unspecified atom stereocenters. The topological polar surface area (TPSA) is 12.0 Å². The van der Waals surface area contributed by atoms with E-state index in [1.54, 1.807) is 0 Å². The molecule has 0 heterocycles. The van der Waals surface area contributed by atoms with Gasteiger partial charge in [-0.1, -0.05) is 44.2 Å². The van der Waals surface area contributed by atoms with Crippen LogP contribution in [0.25, 0.3) is 0 Å². The fourth-order valence-electron chi connectivity index (χ4n) is 2.44. The molecule has 0 aliphatic heterocycles. The summed E-state index contributed by atoms with van der Waals surface area (Å²) in [5.74, 6) is 1.83. The largest absolute Gasteiger partial charge is 0.314 e. The molecule has 1 saturated carbocycles. The van der Waals surface area contributed by atoms with E-state index in [2.05, 4.69) is 49.5 Å². The molecule has 1 N–H and O–H groups in total. The number of benzene rings is 1. The zero-order valence-corrected chi connectivity index (χ0v) is 10.4. The predicted octanol–water partition coefficient (Wildman–Crippen LogP) is 3.25. The molecule has 1 fully saturated rings. The number of hydrogen-bond donors (Lipinski definition) is 1. The molecule has 1 aliphatic carbocycles. The summed E-state index contributed by atoms with van der Waals surface area (Å²) in [7, 11) is 0. The molecule has 0 aromatic heterocycles. The zero-order valence-electron chi connectivity index (χ0n) is 10.4.